The van der Waals surface area contributed by atoms with Gasteiger partial charge in [-0.05, 0) is 6.07 Å². The number of benzene rings is 1. The number of hydrogen-bond donors (Lipinski definition) is 1. The van der Waals surface area contributed by atoms with Crippen molar-refractivity contribution in [3.63, 3.8) is 0 Å². The van der Waals surface area contributed by atoms with Crippen molar-refractivity contribution in [2.45, 2.75) is 6.54 Å². The average molecular weight is 284 g/mol. The number of rotatable bonds is 3. The molecule has 2 aromatic heterocycles. The number of nitrogens with one attached hydrogen (secondary N) is 1. The molecule has 1 amide bonds. The van der Waals surface area contributed by atoms with Crippen LogP contribution in [0.5, 0.6) is 0 Å². The number of carbonyl (C=O) groups is 1. The van der Waals surface area contributed by atoms with Crippen LogP contribution in [0.2, 0.25) is 0 Å². The van der Waals surface area contributed by atoms with E-state index < -0.39 is 0 Å². The van der Waals surface area contributed by atoms with Crippen molar-refractivity contribution in [2.75, 3.05) is 0 Å². The van der Waals surface area contributed by atoms with E-state index >= 15 is 0 Å². The van der Waals surface area contributed by atoms with Crippen LogP contribution >= 0.6 is 0 Å². The lowest BCUT2D eigenvalue weighted by Gasteiger charge is -2.07. The largest absolute Gasteiger partial charge is 0.364 e. The van der Waals surface area contributed by atoms with Gasteiger partial charge < -0.3 is 9.84 Å². The highest BCUT2D eigenvalue weighted by Gasteiger charge is 2.15. The van der Waals surface area contributed by atoms with Gasteiger partial charge in [0, 0.05) is 18.5 Å². The van der Waals surface area contributed by atoms with Gasteiger partial charge in [-0.15, -0.1) is 0 Å². The Bertz CT molecular complexity index is 852. The first-order valence-corrected chi connectivity index (χ1v) is 6.30. The Hall–Kier alpha value is -2.96. The molecule has 7 heteroatoms. The maximum absolute atomic E-state index is 12.3. The molecular weight excluding hydrogens is 272 g/mol. The van der Waals surface area contributed by atoms with Gasteiger partial charge in [-0.25, -0.2) is 4.68 Å². The Morgan fingerprint density at radius 1 is 1.29 bits per heavy atom. The van der Waals surface area contributed by atoms with Crippen LogP contribution in [-0.4, -0.2) is 20.8 Å². The fourth-order valence-corrected chi connectivity index (χ4v) is 2.05. The summed E-state index contributed by atoms with van der Waals surface area (Å²) in [4.78, 5) is 24.3. The Kier molecular flexibility index (Phi) is 3.23. The van der Waals surface area contributed by atoms with Crippen LogP contribution in [-0.2, 0) is 13.6 Å². The molecule has 7 nitrogen and oxygen atoms in total. The summed E-state index contributed by atoms with van der Waals surface area (Å²) in [5.41, 5.74) is 0.576. The van der Waals surface area contributed by atoms with Crippen LogP contribution in [0.4, 0.5) is 0 Å². The van der Waals surface area contributed by atoms with Crippen LogP contribution < -0.4 is 10.9 Å². The van der Waals surface area contributed by atoms with Gasteiger partial charge in [0.2, 0.25) is 0 Å². The molecule has 0 aliphatic carbocycles. The van der Waals surface area contributed by atoms with Gasteiger partial charge in [0.05, 0.1) is 11.9 Å². The molecule has 2 heterocycles. The van der Waals surface area contributed by atoms with Crippen molar-refractivity contribution in [1.82, 2.24) is 20.3 Å². The predicted octanol–water partition coefficient (Wildman–Crippen LogP) is 0.851. The molecule has 0 atom stereocenters. The van der Waals surface area contributed by atoms with Crippen LogP contribution in [0.1, 0.15) is 16.2 Å². The molecule has 0 radical (unpaired) electrons. The molecule has 0 fully saturated rings. The minimum absolute atomic E-state index is 0.205. The summed E-state index contributed by atoms with van der Waals surface area (Å²) in [6, 6.07) is 8.55. The molecule has 0 aliphatic heterocycles. The van der Waals surface area contributed by atoms with E-state index in [9.17, 15) is 9.59 Å². The Balaban J connectivity index is 1.98. The number of hydrogen-bond acceptors (Lipinski definition) is 5. The second-order valence-corrected chi connectivity index (χ2v) is 4.50. The summed E-state index contributed by atoms with van der Waals surface area (Å²) >= 11 is 0. The van der Waals surface area contributed by atoms with E-state index in [1.807, 2.05) is 0 Å². The van der Waals surface area contributed by atoms with Crippen molar-refractivity contribution in [3.05, 3.63) is 58.3 Å². The molecule has 1 N–H and O–H groups in total. The third-order valence-corrected chi connectivity index (χ3v) is 3.09. The molecule has 0 saturated carbocycles. The minimum Gasteiger partial charge on any atom is -0.364 e. The minimum atomic E-state index is -0.371. The smallest absolute Gasteiger partial charge is 0.274 e. The van der Waals surface area contributed by atoms with Gasteiger partial charge >= 0.3 is 0 Å². The molecule has 3 aromatic rings. The summed E-state index contributed by atoms with van der Waals surface area (Å²) in [6.45, 7) is 0.230. The zero-order valence-corrected chi connectivity index (χ0v) is 11.2. The maximum Gasteiger partial charge on any atom is 0.274 e. The highest BCUT2D eigenvalue weighted by atomic mass is 16.5. The Labute approximate surface area is 119 Å². The molecule has 0 bridgehead atoms. The monoisotopic (exact) mass is 284 g/mol. The Morgan fingerprint density at radius 2 is 2.05 bits per heavy atom. The van der Waals surface area contributed by atoms with E-state index in [1.165, 1.54) is 13.3 Å². The third kappa shape index (κ3) is 2.40. The molecule has 0 aliphatic rings. The number of aryl methyl sites for hydroxylation is 1. The van der Waals surface area contributed by atoms with Crippen molar-refractivity contribution >= 4 is 16.7 Å². The van der Waals surface area contributed by atoms with Crippen LogP contribution in [0.3, 0.4) is 0 Å². The average Bonchev–Trinajstić information content (AvgIpc) is 3.02. The summed E-state index contributed by atoms with van der Waals surface area (Å²) < 4.78 is 5.86. The lowest BCUT2D eigenvalue weighted by Crippen LogP contribution is -2.29. The highest BCUT2D eigenvalue weighted by molar-refractivity contribution is 6.04. The lowest BCUT2D eigenvalue weighted by atomic mass is 10.1. The third-order valence-electron chi connectivity index (χ3n) is 3.09. The standard InChI is InChI=1S/C14H12N4O3/c1-18-14(20)11-5-3-2-4-10(11)12(16-18)13(19)15-8-9-6-7-21-17-9/h2-7H,8H2,1H3,(H,15,19). The van der Waals surface area contributed by atoms with Gasteiger partial charge in [-0.2, -0.15) is 5.10 Å². The second-order valence-electron chi connectivity index (χ2n) is 4.50. The first kappa shape index (κ1) is 13.0. The van der Waals surface area contributed by atoms with Gasteiger partial charge in [0.15, 0.2) is 5.69 Å². The fraction of sp³-hybridized carbons (Fsp3) is 0.143. The van der Waals surface area contributed by atoms with Crippen molar-refractivity contribution in [1.29, 1.82) is 0 Å². The summed E-state index contributed by atoms with van der Waals surface area (Å²) in [5.74, 6) is -0.371. The summed E-state index contributed by atoms with van der Waals surface area (Å²) in [5, 5.41) is 11.4. The van der Waals surface area contributed by atoms with Gasteiger partial charge in [-0.1, -0.05) is 23.4 Å². The predicted molar refractivity (Wildman–Crippen MR) is 74.7 cm³/mol. The SMILES string of the molecule is Cn1nc(C(=O)NCc2ccon2)c2ccccc2c1=O. The Morgan fingerprint density at radius 3 is 2.76 bits per heavy atom. The molecule has 0 spiro atoms. The van der Waals surface area contributed by atoms with E-state index in [4.69, 9.17) is 4.52 Å². The number of aromatic nitrogens is 3. The van der Waals surface area contributed by atoms with Crippen molar-refractivity contribution < 1.29 is 9.32 Å². The van der Waals surface area contributed by atoms with E-state index in [1.54, 1.807) is 30.3 Å². The molecule has 1 aromatic carbocycles. The molecule has 21 heavy (non-hydrogen) atoms. The zero-order chi connectivity index (χ0) is 14.8. The first-order chi connectivity index (χ1) is 10.2. The van der Waals surface area contributed by atoms with Gasteiger partial charge in [-0.3, -0.25) is 9.59 Å². The second kappa shape index (κ2) is 5.20. The van der Waals surface area contributed by atoms with E-state index in [2.05, 4.69) is 15.6 Å². The normalized spacial score (nSPS) is 10.7. The fourth-order valence-electron chi connectivity index (χ4n) is 2.05. The molecule has 0 saturated heterocycles. The topological polar surface area (TPSA) is 90.0 Å². The van der Waals surface area contributed by atoms with Crippen molar-refractivity contribution in [2.24, 2.45) is 7.05 Å². The quantitative estimate of drug-likeness (QED) is 0.770. The van der Waals surface area contributed by atoms with E-state index in [-0.39, 0.29) is 23.7 Å². The summed E-state index contributed by atoms with van der Waals surface area (Å²) in [6.07, 6.45) is 1.43. The van der Waals surface area contributed by atoms with Gasteiger partial charge in [0.25, 0.3) is 11.5 Å². The lowest BCUT2D eigenvalue weighted by molar-refractivity contribution is 0.0945. The van der Waals surface area contributed by atoms with Crippen LogP contribution in [0, 0.1) is 0 Å². The number of fused-ring (bicyclic) bond motifs is 1. The number of carbonyl (C=O) groups excluding carboxylic acids is 1. The first-order valence-electron chi connectivity index (χ1n) is 6.30. The van der Waals surface area contributed by atoms with Crippen LogP contribution in [0.25, 0.3) is 10.8 Å². The van der Waals surface area contributed by atoms with Gasteiger partial charge in [0.1, 0.15) is 12.0 Å². The highest BCUT2D eigenvalue weighted by Crippen LogP contribution is 2.12. The van der Waals surface area contributed by atoms with Crippen molar-refractivity contribution in [3.8, 4) is 0 Å². The number of amides is 1. The molecule has 3 rings (SSSR count). The molecule has 106 valence electrons. The summed E-state index contributed by atoms with van der Waals surface area (Å²) in [7, 11) is 1.52. The number of nitrogens with zero attached hydrogens (tertiary/aromatic N) is 3. The van der Waals surface area contributed by atoms with E-state index in [0.717, 1.165) is 4.68 Å². The zero-order valence-electron chi connectivity index (χ0n) is 11.2. The maximum atomic E-state index is 12.3. The van der Waals surface area contributed by atoms with E-state index in [0.29, 0.717) is 16.5 Å². The molecular formula is C14H12N4O3. The molecule has 0 unspecified atom stereocenters. The van der Waals surface area contributed by atoms with Crippen LogP contribution in [0.15, 0.2) is 45.9 Å².